The smallest absolute Gasteiger partial charge is 0.133 e. The van der Waals surface area contributed by atoms with E-state index in [1.54, 1.807) is 30.1 Å². The minimum Gasteiger partial charge on any atom is -0.507 e. The fourth-order valence-corrected chi connectivity index (χ4v) is 4.11. The number of aromatic nitrogens is 1. The lowest BCUT2D eigenvalue weighted by molar-refractivity contribution is 0.473. The van der Waals surface area contributed by atoms with Gasteiger partial charge in [-0.25, -0.2) is 0 Å². The van der Waals surface area contributed by atoms with Gasteiger partial charge in [0.15, 0.2) is 0 Å². The summed E-state index contributed by atoms with van der Waals surface area (Å²) in [4.78, 5) is 5.63. The average Bonchev–Trinajstić information content (AvgIpc) is 3.12. The van der Waals surface area contributed by atoms with Gasteiger partial charge in [-0.05, 0) is 42.3 Å². The van der Waals surface area contributed by atoms with E-state index in [0.29, 0.717) is 16.9 Å². The fourth-order valence-electron chi connectivity index (χ4n) is 3.04. The van der Waals surface area contributed by atoms with Gasteiger partial charge >= 0.3 is 0 Å². The Kier molecular flexibility index (Phi) is 3.68. The maximum atomic E-state index is 9.69. The van der Waals surface area contributed by atoms with E-state index < -0.39 is 0 Å². The summed E-state index contributed by atoms with van der Waals surface area (Å²) in [5, 5.41) is 32.5. The predicted molar refractivity (Wildman–Crippen MR) is 97.0 cm³/mol. The molecule has 0 aliphatic carbocycles. The summed E-state index contributed by atoms with van der Waals surface area (Å²) in [5.74, 6) is 0.952. The number of nitriles is 2. The molecule has 0 unspecified atom stereocenters. The number of anilines is 2. The number of rotatable bonds is 2. The molecule has 0 saturated carbocycles. The molecule has 0 saturated heterocycles. The van der Waals surface area contributed by atoms with Crippen molar-refractivity contribution >= 4 is 34.0 Å². The number of pyridine rings is 1. The third-order valence-electron chi connectivity index (χ3n) is 4.22. The normalized spacial score (nSPS) is 12.4. The number of hydrogen-bond donors (Lipinski definition) is 2. The molecule has 1 aromatic heterocycles. The van der Waals surface area contributed by atoms with Crippen LogP contribution in [0.25, 0.3) is 10.9 Å². The van der Waals surface area contributed by atoms with Gasteiger partial charge in [-0.2, -0.15) is 10.5 Å². The Morgan fingerprint density at radius 2 is 1.96 bits per heavy atom. The molecule has 2 aromatic carbocycles. The molecule has 0 atom stereocenters. The summed E-state index contributed by atoms with van der Waals surface area (Å²) in [6.45, 7) is 0. The quantitative estimate of drug-likeness (QED) is 0.681. The van der Waals surface area contributed by atoms with Crippen molar-refractivity contribution in [3.63, 3.8) is 0 Å². The SMILES string of the molecule is N#Cc1cc(Nc2c(C#N)cnc3ccc4c(c23)CCS4)ccc1O. The van der Waals surface area contributed by atoms with E-state index in [9.17, 15) is 10.4 Å². The highest BCUT2D eigenvalue weighted by molar-refractivity contribution is 7.99. The number of phenols is 1. The van der Waals surface area contributed by atoms with Gasteiger partial charge in [0, 0.05) is 27.9 Å². The first-order valence-corrected chi connectivity index (χ1v) is 8.67. The minimum atomic E-state index is -0.0644. The Bertz CT molecular complexity index is 1100. The van der Waals surface area contributed by atoms with Crippen molar-refractivity contribution in [1.82, 2.24) is 4.98 Å². The average molecular weight is 344 g/mol. The number of thioether (sulfide) groups is 1. The molecule has 0 radical (unpaired) electrons. The maximum Gasteiger partial charge on any atom is 0.133 e. The second-order valence-electron chi connectivity index (χ2n) is 5.66. The van der Waals surface area contributed by atoms with Crippen molar-refractivity contribution < 1.29 is 5.11 Å². The molecule has 5 nitrogen and oxygen atoms in total. The van der Waals surface area contributed by atoms with E-state index in [1.165, 1.54) is 16.5 Å². The molecule has 1 aliphatic rings. The topological polar surface area (TPSA) is 92.7 Å². The number of benzene rings is 2. The summed E-state index contributed by atoms with van der Waals surface area (Å²) in [6.07, 6.45) is 2.49. The lowest BCUT2D eigenvalue weighted by Gasteiger charge is -2.14. The van der Waals surface area contributed by atoms with Gasteiger partial charge in [0.2, 0.25) is 0 Å². The molecular formula is C19H12N4OS. The molecule has 120 valence electrons. The molecule has 3 aromatic rings. The van der Waals surface area contributed by atoms with Crippen LogP contribution in [-0.4, -0.2) is 15.8 Å². The zero-order valence-corrected chi connectivity index (χ0v) is 13.9. The molecule has 2 N–H and O–H groups in total. The van der Waals surface area contributed by atoms with Crippen LogP contribution in [0.4, 0.5) is 11.4 Å². The van der Waals surface area contributed by atoms with Crippen molar-refractivity contribution in [3.05, 3.63) is 53.2 Å². The highest BCUT2D eigenvalue weighted by atomic mass is 32.2. The highest BCUT2D eigenvalue weighted by Gasteiger charge is 2.20. The zero-order valence-electron chi connectivity index (χ0n) is 13.1. The Labute approximate surface area is 148 Å². The molecule has 25 heavy (non-hydrogen) atoms. The first-order chi connectivity index (χ1) is 12.2. The lowest BCUT2D eigenvalue weighted by atomic mass is 10.0. The summed E-state index contributed by atoms with van der Waals surface area (Å²) in [7, 11) is 0. The molecule has 2 heterocycles. The Balaban J connectivity index is 1.93. The molecule has 0 bridgehead atoms. The first-order valence-electron chi connectivity index (χ1n) is 7.69. The van der Waals surface area contributed by atoms with Crippen molar-refractivity contribution in [1.29, 1.82) is 10.5 Å². The van der Waals surface area contributed by atoms with Crippen molar-refractivity contribution in [3.8, 4) is 17.9 Å². The van der Waals surface area contributed by atoms with Crippen LogP contribution in [0.15, 0.2) is 41.4 Å². The second-order valence-corrected chi connectivity index (χ2v) is 6.80. The van der Waals surface area contributed by atoms with Crippen LogP contribution in [0.5, 0.6) is 5.75 Å². The van der Waals surface area contributed by atoms with Crippen LogP contribution in [0.2, 0.25) is 0 Å². The van der Waals surface area contributed by atoms with Crippen molar-refractivity contribution in [2.24, 2.45) is 0 Å². The van der Waals surface area contributed by atoms with E-state index in [1.807, 2.05) is 12.1 Å². The van der Waals surface area contributed by atoms with Crippen LogP contribution in [0.3, 0.4) is 0 Å². The molecule has 0 spiro atoms. The maximum absolute atomic E-state index is 9.69. The molecule has 6 heteroatoms. The third-order valence-corrected chi connectivity index (χ3v) is 5.32. The number of hydrogen-bond acceptors (Lipinski definition) is 6. The third kappa shape index (κ3) is 2.53. The lowest BCUT2D eigenvalue weighted by Crippen LogP contribution is -1.99. The van der Waals surface area contributed by atoms with E-state index in [4.69, 9.17) is 5.26 Å². The predicted octanol–water partition coefficient (Wildman–Crippen LogP) is 4.08. The highest BCUT2D eigenvalue weighted by Crippen LogP contribution is 2.40. The summed E-state index contributed by atoms with van der Waals surface area (Å²) in [5.41, 5.74) is 4.01. The van der Waals surface area contributed by atoms with Gasteiger partial charge < -0.3 is 10.4 Å². The van der Waals surface area contributed by atoms with Crippen LogP contribution < -0.4 is 5.32 Å². The van der Waals surface area contributed by atoms with Gasteiger partial charge in [0.1, 0.15) is 17.9 Å². The summed E-state index contributed by atoms with van der Waals surface area (Å²) < 4.78 is 0. The van der Waals surface area contributed by atoms with Crippen LogP contribution in [0, 0.1) is 22.7 Å². The fraction of sp³-hybridized carbons (Fsp3) is 0.105. The number of nitrogens with zero attached hydrogens (tertiary/aromatic N) is 3. The number of aryl methyl sites for hydroxylation is 1. The van der Waals surface area contributed by atoms with Gasteiger partial charge in [-0.1, -0.05) is 0 Å². The van der Waals surface area contributed by atoms with Gasteiger partial charge in [-0.3, -0.25) is 4.98 Å². The molecule has 0 amide bonds. The van der Waals surface area contributed by atoms with E-state index in [2.05, 4.69) is 22.4 Å². The number of fused-ring (bicyclic) bond motifs is 3. The Morgan fingerprint density at radius 3 is 2.76 bits per heavy atom. The van der Waals surface area contributed by atoms with Crippen molar-refractivity contribution in [2.45, 2.75) is 11.3 Å². The number of aromatic hydroxyl groups is 1. The van der Waals surface area contributed by atoms with E-state index in [-0.39, 0.29) is 11.3 Å². The van der Waals surface area contributed by atoms with Gasteiger partial charge in [-0.15, -0.1) is 11.8 Å². The molecule has 0 fully saturated rings. The first kappa shape index (κ1) is 15.3. The van der Waals surface area contributed by atoms with E-state index in [0.717, 1.165) is 23.1 Å². The standard InChI is InChI=1S/C19H12N4OS/c20-8-11-7-13(1-3-16(11)24)23-19-12(9-21)10-22-15-2-4-17-14(18(15)19)5-6-25-17/h1-4,7,10,24H,5-6H2,(H,22,23). The van der Waals surface area contributed by atoms with E-state index >= 15 is 0 Å². The van der Waals surface area contributed by atoms with Gasteiger partial charge in [0.25, 0.3) is 0 Å². The monoisotopic (exact) mass is 344 g/mol. The molecular weight excluding hydrogens is 332 g/mol. The minimum absolute atomic E-state index is 0.0644. The Morgan fingerprint density at radius 1 is 1.12 bits per heavy atom. The second kappa shape index (κ2) is 6.01. The van der Waals surface area contributed by atoms with Crippen LogP contribution in [-0.2, 0) is 6.42 Å². The summed E-state index contributed by atoms with van der Waals surface area (Å²) >= 11 is 1.80. The van der Waals surface area contributed by atoms with Crippen LogP contribution in [0.1, 0.15) is 16.7 Å². The Hall–Kier alpha value is -3.22. The molecule has 1 aliphatic heterocycles. The summed E-state index contributed by atoms with van der Waals surface area (Å²) in [6, 6.07) is 12.9. The van der Waals surface area contributed by atoms with Gasteiger partial charge in [0.05, 0.1) is 22.3 Å². The number of nitrogens with one attached hydrogen (secondary N) is 1. The zero-order chi connectivity index (χ0) is 17.4. The largest absolute Gasteiger partial charge is 0.507 e. The molecule has 4 rings (SSSR count). The number of phenolic OH excluding ortho intramolecular Hbond substituents is 1. The van der Waals surface area contributed by atoms with Crippen molar-refractivity contribution in [2.75, 3.05) is 11.1 Å². The van der Waals surface area contributed by atoms with Crippen LogP contribution >= 0.6 is 11.8 Å².